The normalized spacial score (nSPS) is 14.1. The van der Waals surface area contributed by atoms with Crippen molar-refractivity contribution >= 4 is 39.5 Å². The maximum Gasteiger partial charge on any atom is 0.472 e. The van der Waals surface area contributed by atoms with Crippen molar-refractivity contribution in [3.63, 3.8) is 0 Å². The van der Waals surface area contributed by atoms with E-state index in [1.54, 1.807) is 0 Å². The number of rotatable bonds is 73. The zero-order valence-corrected chi connectivity index (χ0v) is 62.3. The number of hydrogen-bond donors (Lipinski definition) is 3. The molecular weight excluding hydrogens is 1220 g/mol. The molecule has 0 saturated carbocycles. The van der Waals surface area contributed by atoms with Gasteiger partial charge in [0.1, 0.15) is 19.3 Å². The van der Waals surface area contributed by atoms with Gasteiger partial charge in [0, 0.05) is 25.7 Å². The third kappa shape index (κ3) is 68.4. The second-order valence-corrected chi connectivity index (χ2v) is 30.5. The molecule has 0 radical (unpaired) electrons. The number of carbonyl (C=O) groups excluding carboxylic acids is 4. The number of carbonyl (C=O) groups is 4. The van der Waals surface area contributed by atoms with E-state index in [4.69, 9.17) is 37.0 Å². The molecule has 0 aromatic heterocycles. The quantitative estimate of drug-likeness (QED) is 0.0222. The molecule has 0 saturated heterocycles. The van der Waals surface area contributed by atoms with Crippen molar-refractivity contribution < 1.29 is 80.2 Å². The lowest BCUT2D eigenvalue weighted by atomic mass is 10.0. The van der Waals surface area contributed by atoms with Gasteiger partial charge >= 0.3 is 39.5 Å². The van der Waals surface area contributed by atoms with Gasteiger partial charge in [0.25, 0.3) is 0 Å². The second-order valence-electron chi connectivity index (χ2n) is 27.6. The maximum atomic E-state index is 13.1. The van der Waals surface area contributed by atoms with Gasteiger partial charge in [0.15, 0.2) is 12.2 Å². The van der Waals surface area contributed by atoms with E-state index in [2.05, 4.69) is 41.5 Å². The van der Waals surface area contributed by atoms with E-state index in [1.165, 1.54) is 199 Å². The van der Waals surface area contributed by atoms with Crippen LogP contribution in [0.4, 0.5) is 0 Å². The number of unbranched alkanes of at least 4 members (excludes halogenated alkanes) is 43. The first-order valence-corrected chi connectivity index (χ1v) is 41.5. The van der Waals surface area contributed by atoms with Crippen LogP contribution in [0.2, 0.25) is 0 Å². The predicted octanol–water partition coefficient (Wildman–Crippen LogP) is 21.6. The monoisotopic (exact) mass is 1370 g/mol. The molecule has 0 aromatic rings. The summed E-state index contributed by atoms with van der Waals surface area (Å²) < 4.78 is 68.4. The van der Waals surface area contributed by atoms with E-state index in [0.29, 0.717) is 25.7 Å². The van der Waals surface area contributed by atoms with Crippen LogP contribution in [-0.4, -0.2) is 96.7 Å². The Morgan fingerprint density at radius 3 is 0.731 bits per heavy atom. The molecular formula is C74H144O17P2. The molecule has 0 bridgehead atoms. The minimum absolute atomic E-state index is 0.104. The Bertz CT molecular complexity index is 1800. The summed E-state index contributed by atoms with van der Waals surface area (Å²) in [6, 6.07) is 0. The number of phosphoric ester groups is 2. The average molecular weight is 1370 g/mol. The molecule has 0 spiro atoms. The maximum absolute atomic E-state index is 13.1. The first-order valence-electron chi connectivity index (χ1n) is 38.5. The first-order chi connectivity index (χ1) is 44.9. The van der Waals surface area contributed by atoms with Crippen molar-refractivity contribution in [2.75, 3.05) is 39.6 Å². The van der Waals surface area contributed by atoms with Gasteiger partial charge in [-0.1, -0.05) is 330 Å². The van der Waals surface area contributed by atoms with Crippen molar-refractivity contribution in [3.05, 3.63) is 0 Å². The Morgan fingerprint density at radius 1 is 0.290 bits per heavy atom. The van der Waals surface area contributed by atoms with Crippen LogP contribution in [-0.2, 0) is 65.4 Å². The highest BCUT2D eigenvalue weighted by atomic mass is 31.2. The summed E-state index contributed by atoms with van der Waals surface area (Å²) in [5, 5.41) is 10.6. The van der Waals surface area contributed by atoms with E-state index in [0.717, 1.165) is 102 Å². The summed E-state index contributed by atoms with van der Waals surface area (Å²) in [4.78, 5) is 72.7. The molecule has 552 valence electrons. The summed E-state index contributed by atoms with van der Waals surface area (Å²) in [5.74, 6) is -0.675. The van der Waals surface area contributed by atoms with Crippen molar-refractivity contribution in [1.82, 2.24) is 0 Å². The SMILES string of the molecule is CCCCCCCCCCCCCCCCCCCC(=O)O[C@H](COC(=O)CCCCCCCCCCCCCCCC)COP(=O)(O)OC[C@@H](O)COP(=O)(O)OC[C@@H](COC(=O)CCCCCCCCCCC(C)C)OC(=O)CCCCCCCCCCC(C)C. The van der Waals surface area contributed by atoms with Gasteiger partial charge in [-0.2, -0.15) is 0 Å². The van der Waals surface area contributed by atoms with Gasteiger partial charge in [-0.05, 0) is 37.5 Å². The van der Waals surface area contributed by atoms with E-state index in [-0.39, 0.29) is 25.7 Å². The Morgan fingerprint density at radius 2 is 0.495 bits per heavy atom. The van der Waals surface area contributed by atoms with E-state index in [1.807, 2.05) is 0 Å². The molecule has 17 nitrogen and oxygen atoms in total. The smallest absolute Gasteiger partial charge is 0.462 e. The van der Waals surface area contributed by atoms with E-state index >= 15 is 0 Å². The highest BCUT2D eigenvalue weighted by molar-refractivity contribution is 7.47. The largest absolute Gasteiger partial charge is 0.472 e. The van der Waals surface area contributed by atoms with Crippen LogP contribution < -0.4 is 0 Å². The van der Waals surface area contributed by atoms with Gasteiger partial charge in [-0.3, -0.25) is 37.3 Å². The van der Waals surface area contributed by atoms with Crippen molar-refractivity contribution in [3.8, 4) is 0 Å². The summed E-state index contributed by atoms with van der Waals surface area (Å²) in [7, 11) is -9.91. The Labute approximate surface area is 568 Å². The number of phosphoric acid groups is 2. The lowest BCUT2D eigenvalue weighted by Gasteiger charge is -2.21. The molecule has 5 atom stereocenters. The summed E-state index contributed by atoms with van der Waals surface area (Å²) in [6.07, 6.45) is 52.8. The van der Waals surface area contributed by atoms with Crippen molar-refractivity contribution in [2.45, 2.75) is 400 Å². The molecule has 0 aliphatic carbocycles. The summed E-state index contributed by atoms with van der Waals surface area (Å²) in [6.45, 7) is 9.51. The van der Waals surface area contributed by atoms with Gasteiger partial charge < -0.3 is 33.8 Å². The number of ether oxygens (including phenoxy) is 4. The third-order valence-corrected chi connectivity index (χ3v) is 19.1. The lowest BCUT2D eigenvalue weighted by molar-refractivity contribution is -0.161. The van der Waals surface area contributed by atoms with E-state index in [9.17, 15) is 43.2 Å². The number of esters is 4. The van der Waals surface area contributed by atoms with Gasteiger partial charge in [-0.25, -0.2) is 9.13 Å². The minimum atomic E-state index is -4.96. The van der Waals surface area contributed by atoms with E-state index < -0.39 is 97.5 Å². The first kappa shape index (κ1) is 91.1. The highest BCUT2D eigenvalue weighted by Crippen LogP contribution is 2.45. The van der Waals surface area contributed by atoms with Crippen molar-refractivity contribution in [1.29, 1.82) is 0 Å². The van der Waals surface area contributed by atoms with Crippen LogP contribution in [0.1, 0.15) is 382 Å². The fraction of sp³-hybridized carbons (Fsp3) is 0.946. The summed E-state index contributed by atoms with van der Waals surface area (Å²) in [5.41, 5.74) is 0. The second kappa shape index (κ2) is 66.0. The minimum Gasteiger partial charge on any atom is -0.462 e. The van der Waals surface area contributed by atoms with Crippen LogP contribution in [0.25, 0.3) is 0 Å². The topological polar surface area (TPSA) is 237 Å². The molecule has 0 aliphatic heterocycles. The zero-order valence-electron chi connectivity index (χ0n) is 60.6. The van der Waals surface area contributed by atoms with Crippen LogP contribution >= 0.6 is 15.6 Å². The molecule has 19 heteroatoms. The number of aliphatic hydroxyl groups is 1. The molecule has 2 unspecified atom stereocenters. The van der Waals surface area contributed by atoms with Crippen LogP contribution in [0.15, 0.2) is 0 Å². The summed E-state index contributed by atoms with van der Waals surface area (Å²) >= 11 is 0. The van der Waals surface area contributed by atoms with Gasteiger partial charge in [0.05, 0.1) is 26.4 Å². The highest BCUT2D eigenvalue weighted by Gasteiger charge is 2.30. The van der Waals surface area contributed by atoms with Crippen LogP contribution in [0, 0.1) is 11.8 Å². The molecule has 93 heavy (non-hydrogen) atoms. The molecule has 0 amide bonds. The molecule has 0 fully saturated rings. The standard InChI is InChI=1S/C74H144O17P2/c1-7-9-11-13-15-17-19-21-23-24-25-27-29-31-40-46-52-58-73(78)90-69(62-84-71(76)56-50-44-38-30-28-26-22-20-18-16-14-12-10-8-2)64-88-92(80,81)86-60-68(75)61-87-93(82,83)89-65-70(91-74(79)59-53-47-41-35-33-37-43-49-55-67(5)6)63-85-72(77)57-51-45-39-34-32-36-42-48-54-66(3)4/h66-70,75H,7-65H2,1-6H3,(H,80,81)(H,82,83)/t68-,69-,70-/m1/s1. The molecule has 0 rings (SSSR count). The number of aliphatic hydroxyl groups excluding tert-OH is 1. The van der Waals surface area contributed by atoms with Crippen LogP contribution in [0.3, 0.4) is 0 Å². The zero-order chi connectivity index (χ0) is 68.6. The molecule has 0 aromatic carbocycles. The third-order valence-electron chi connectivity index (χ3n) is 17.2. The van der Waals surface area contributed by atoms with Crippen LogP contribution in [0.5, 0.6) is 0 Å². The molecule has 0 heterocycles. The Hall–Kier alpha value is -1.94. The van der Waals surface area contributed by atoms with Crippen molar-refractivity contribution in [2.24, 2.45) is 11.8 Å². The Balaban J connectivity index is 5.24. The average Bonchev–Trinajstić information content (AvgIpc) is 2.37. The fourth-order valence-electron chi connectivity index (χ4n) is 11.3. The molecule has 0 aliphatic rings. The lowest BCUT2D eigenvalue weighted by Crippen LogP contribution is -2.30. The Kier molecular flexibility index (Phi) is 64.6. The predicted molar refractivity (Wildman–Crippen MR) is 377 cm³/mol. The fourth-order valence-corrected chi connectivity index (χ4v) is 12.9. The number of hydrogen-bond acceptors (Lipinski definition) is 15. The molecule has 3 N–H and O–H groups in total. The van der Waals surface area contributed by atoms with Gasteiger partial charge in [0.2, 0.25) is 0 Å². The van der Waals surface area contributed by atoms with Gasteiger partial charge in [-0.15, -0.1) is 0 Å².